The Kier molecular flexibility index (Phi) is 6.19. The number of alkyl halides is 3. The maximum atomic E-state index is 13.1. The molecule has 1 aromatic carbocycles. The first-order valence-corrected chi connectivity index (χ1v) is 10.1. The number of halogens is 3. The molecule has 2 unspecified atom stereocenters. The number of rotatable bonds is 7. The van der Waals surface area contributed by atoms with Crippen molar-refractivity contribution in [2.24, 2.45) is 11.8 Å². The fourth-order valence-corrected chi connectivity index (χ4v) is 4.66. The number of benzene rings is 1. The van der Waals surface area contributed by atoms with E-state index in [0.717, 1.165) is 24.0 Å². The number of amides is 2. The van der Waals surface area contributed by atoms with Gasteiger partial charge in [0.15, 0.2) is 0 Å². The maximum Gasteiger partial charge on any atom is 0.573 e. The number of piperidine rings is 1. The van der Waals surface area contributed by atoms with E-state index in [9.17, 15) is 22.8 Å². The Bertz CT molecular complexity index is 814. The van der Waals surface area contributed by atoms with Crippen LogP contribution >= 0.6 is 0 Å². The number of carbonyl (C=O) groups excluding carboxylic acids is 2. The minimum Gasteiger partial charge on any atom is -0.453 e. The zero-order valence-electron chi connectivity index (χ0n) is 17.3. The molecule has 0 bridgehead atoms. The summed E-state index contributed by atoms with van der Waals surface area (Å²) in [5, 5.41) is 2.60. The fourth-order valence-electron chi connectivity index (χ4n) is 4.66. The van der Waals surface area contributed by atoms with Gasteiger partial charge in [-0.25, -0.2) is 4.79 Å². The monoisotopic (exact) mass is 428 g/mol. The molecule has 1 aliphatic heterocycles. The summed E-state index contributed by atoms with van der Waals surface area (Å²) < 4.78 is 46.0. The first-order chi connectivity index (χ1) is 14.1. The van der Waals surface area contributed by atoms with E-state index in [0.29, 0.717) is 25.4 Å². The molecule has 0 spiro atoms. The van der Waals surface area contributed by atoms with Gasteiger partial charge >= 0.3 is 12.5 Å². The molecule has 166 valence electrons. The quantitative estimate of drug-likeness (QED) is 0.718. The van der Waals surface area contributed by atoms with Crippen LogP contribution in [0.2, 0.25) is 0 Å². The van der Waals surface area contributed by atoms with Crippen LogP contribution in [0.25, 0.3) is 0 Å². The Balaban J connectivity index is 1.69. The predicted octanol–water partition coefficient (Wildman–Crippen LogP) is 3.77. The molecule has 3 atom stereocenters. The summed E-state index contributed by atoms with van der Waals surface area (Å²) in [6.07, 6.45) is -2.92. The third kappa shape index (κ3) is 4.65. The van der Waals surface area contributed by atoms with Crippen molar-refractivity contribution in [2.45, 2.75) is 44.9 Å². The lowest BCUT2D eigenvalue weighted by atomic mass is 9.90. The summed E-state index contributed by atoms with van der Waals surface area (Å²) in [5.41, 5.74) is 1.49. The van der Waals surface area contributed by atoms with E-state index in [1.165, 1.54) is 19.2 Å². The Labute approximate surface area is 173 Å². The summed E-state index contributed by atoms with van der Waals surface area (Å²) in [6, 6.07) is 4.43. The minimum absolute atomic E-state index is 0.00509. The van der Waals surface area contributed by atoms with Gasteiger partial charge in [0.05, 0.1) is 13.0 Å². The van der Waals surface area contributed by atoms with Gasteiger partial charge in [-0.2, -0.15) is 0 Å². The summed E-state index contributed by atoms with van der Waals surface area (Å²) in [4.78, 5) is 26.3. The number of methoxy groups -OCH3 is 1. The van der Waals surface area contributed by atoms with Crippen molar-refractivity contribution in [3.8, 4) is 5.75 Å². The van der Waals surface area contributed by atoms with Crippen molar-refractivity contribution >= 4 is 12.0 Å². The van der Waals surface area contributed by atoms with Crippen molar-refractivity contribution in [1.29, 1.82) is 0 Å². The lowest BCUT2D eigenvalue weighted by molar-refractivity contribution is -0.274. The third-order valence-electron chi connectivity index (χ3n) is 6.09. The van der Waals surface area contributed by atoms with E-state index in [4.69, 9.17) is 0 Å². The molecule has 2 amide bonds. The molecule has 6 nitrogen and oxygen atoms in total. The molecule has 1 heterocycles. The molecule has 0 aromatic heterocycles. The van der Waals surface area contributed by atoms with Crippen LogP contribution in [0, 0.1) is 18.8 Å². The largest absolute Gasteiger partial charge is 0.573 e. The molecule has 1 aliphatic carbocycles. The second-order valence-corrected chi connectivity index (χ2v) is 8.16. The number of hydrogen-bond donors (Lipinski definition) is 1. The van der Waals surface area contributed by atoms with Crippen LogP contribution < -0.4 is 10.1 Å². The molecular weight excluding hydrogens is 401 g/mol. The van der Waals surface area contributed by atoms with Crippen LogP contribution in [0.4, 0.5) is 18.0 Å². The Hall–Kier alpha value is -2.45. The van der Waals surface area contributed by atoms with Crippen molar-refractivity contribution in [1.82, 2.24) is 10.2 Å². The number of ether oxygens (including phenoxy) is 2. The van der Waals surface area contributed by atoms with Gasteiger partial charge in [-0.3, -0.25) is 4.79 Å². The van der Waals surface area contributed by atoms with Gasteiger partial charge in [0.2, 0.25) is 5.91 Å². The average Bonchev–Trinajstić information content (AvgIpc) is 3.23. The highest BCUT2D eigenvalue weighted by Crippen LogP contribution is 2.60. The molecule has 2 fully saturated rings. The van der Waals surface area contributed by atoms with Gasteiger partial charge in [-0.05, 0) is 48.9 Å². The SMILES string of the molecule is CCC[C@H](CNC(=O)OC)C(=O)N1CC2CC2(c2ccc(OC(F)(F)F)cc2C)C1. The first-order valence-electron chi connectivity index (χ1n) is 10.1. The lowest BCUT2D eigenvalue weighted by Gasteiger charge is -2.27. The van der Waals surface area contributed by atoms with Gasteiger partial charge < -0.3 is 19.7 Å². The number of hydrogen-bond acceptors (Lipinski definition) is 4. The van der Waals surface area contributed by atoms with E-state index in [2.05, 4.69) is 14.8 Å². The zero-order chi connectivity index (χ0) is 22.1. The highest BCUT2D eigenvalue weighted by atomic mass is 19.4. The van der Waals surface area contributed by atoms with Gasteiger partial charge in [0.25, 0.3) is 0 Å². The van der Waals surface area contributed by atoms with Crippen LogP contribution in [-0.4, -0.2) is 50.0 Å². The maximum absolute atomic E-state index is 13.1. The molecule has 1 aromatic rings. The Morgan fingerprint density at radius 3 is 2.70 bits per heavy atom. The molecule has 0 radical (unpaired) electrons. The predicted molar refractivity (Wildman–Crippen MR) is 103 cm³/mol. The second-order valence-electron chi connectivity index (χ2n) is 8.16. The average molecular weight is 428 g/mol. The number of nitrogens with zero attached hydrogens (tertiary/aromatic N) is 1. The van der Waals surface area contributed by atoms with Gasteiger partial charge in [0, 0.05) is 25.0 Å². The van der Waals surface area contributed by atoms with Crippen LogP contribution in [0.3, 0.4) is 0 Å². The third-order valence-corrected chi connectivity index (χ3v) is 6.09. The van der Waals surface area contributed by atoms with E-state index >= 15 is 0 Å². The highest BCUT2D eigenvalue weighted by Gasteiger charge is 2.62. The lowest BCUT2D eigenvalue weighted by Crippen LogP contribution is -2.42. The summed E-state index contributed by atoms with van der Waals surface area (Å²) in [6.45, 7) is 5.13. The molecule has 30 heavy (non-hydrogen) atoms. The van der Waals surface area contributed by atoms with E-state index in [1.54, 1.807) is 13.0 Å². The van der Waals surface area contributed by atoms with E-state index in [-0.39, 0.29) is 29.5 Å². The molecule has 9 heteroatoms. The van der Waals surface area contributed by atoms with Crippen molar-refractivity contribution in [3.63, 3.8) is 0 Å². The fraction of sp³-hybridized carbons (Fsp3) is 0.619. The van der Waals surface area contributed by atoms with Crippen LogP contribution in [-0.2, 0) is 14.9 Å². The Morgan fingerprint density at radius 2 is 2.10 bits per heavy atom. The van der Waals surface area contributed by atoms with Crippen LogP contribution in [0.1, 0.15) is 37.3 Å². The number of alkyl carbamates (subject to hydrolysis) is 1. The van der Waals surface area contributed by atoms with E-state index < -0.39 is 12.5 Å². The molecule has 2 aliphatic rings. The van der Waals surface area contributed by atoms with Crippen LogP contribution in [0.15, 0.2) is 18.2 Å². The number of carbonyl (C=O) groups is 2. The normalized spacial score (nSPS) is 23.5. The number of fused-ring (bicyclic) bond motifs is 1. The summed E-state index contributed by atoms with van der Waals surface area (Å²) >= 11 is 0. The summed E-state index contributed by atoms with van der Waals surface area (Å²) in [5.74, 6) is -0.271. The summed E-state index contributed by atoms with van der Waals surface area (Å²) in [7, 11) is 1.27. The highest BCUT2D eigenvalue weighted by molar-refractivity contribution is 5.81. The van der Waals surface area contributed by atoms with Crippen LogP contribution in [0.5, 0.6) is 5.75 Å². The second kappa shape index (κ2) is 8.35. The molecule has 1 saturated heterocycles. The molecule has 1 N–H and O–H groups in total. The van der Waals surface area contributed by atoms with Gasteiger partial charge in [-0.1, -0.05) is 19.4 Å². The standard InChI is InChI=1S/C21H27F3N2O4/c1-4-5-14(10-25-19(28)29-3)18(27)26-11-15-9-20(15,12-26)17-7-6-16(8-13(17)2)30-21(22,23)24/h6-8,14-15H,4-5,9-12H2,1-3H3,(H,25,28)/t14-,15?,20?/m1/s1. The molecule has 3 rings (SSSR count). The van der Waals surface area contributed by atoms with Crippen molar-refractivity contribution in [2.75, 3.05) is 26.7 Å². The number of likely N-dealkylation sites (tertiary alicyclic amines) is 1. The molecular formula is C21H27F3N2O4. The van der Waals surface area contributed by atoms with E-state index in [1.807, 2.05) is 11.8 Å². The molecule has 1 saturated carbocycles. The van der Waals surface area contributed by atoms with Crippen molar-refractivity contribution < 1.29 is 32.2 Å². The smallest absolute Gasteiger partial charge is 0.453 e. The topological polar surface area (TPSA) is 67.9 Å². The first kappa shape index (κ1) is 22.2. The number of nitrogens with one attached hydrogen (secondary N) is 1. The van der Waals surface area contributed by atoms with Crippen molar-refractivity contribution in [3.05, 3.63) is 29.3 Å². The van der Waals surface area contributed by atoms with Gasteiger partial charge in [-0.15, -0.1) is 13.2 Å². The minimum atomic E-state index is -4.72. The van der Waals surface area contributed by atoms with Gasteiger partial charge in [0.1, 0.15) is 5.75 Å². The Morgan fingerprint density at radius 1 is 1.37 bits per heavy atom. The number of aryl methyl sites for hydroxylation is 1. The zero-order valence-corrected chi connectivity index (χ0v) is 17.3.